The molecule has 2 fully saturated rings. The SMILES string of the molecule is CCCCOC1C(Oc2c3c(c(-c4ccc5c(c4)OCO5)c4cc(OC)c(OC)cc24)C(=O)OC3)OC(CO)C2OC(C)(C)OC21. The van der Waals surface area contributed by atoms with Crippen LogP contribution in [0.2, 0.25) is 0 Å². The van der Waals surface area contributed by atoms with E-state index in [0.717, 1.165) is 18.4 Å². The van der Waals surface area contributed by atoms with E-state index in [-0.39, 0.29) is 20.0 Å². The van der Waals surface area contributed by atoms with E-state index in [9.17, 15) is 9.90 Å². The van der Waals surface area contributed by atoms with Crippen molar-refractivity contribution in [1.29, 1.82) is 0 Å². The van der Waals surface area contributed by atoms with Gasteiger partial charge in [-0.05, 0) is 55.5 Å². The summed E-state index contributed by atoms with van der Waals surface area (Å²) in [7, 11) is 3.10. The number of hydrogen-bond donors (Lipinski definition) is 1. The lowest BCUT2D eigenvalue weighted by Gasteiger charge is -2.41. The van der Waals surface area contributed by atoms with Gasteiger partial charge in [-0.15, -0.1) is 0 Å². The van der Waals surface area contributed by atoms with Crippen molar-refractivity contribution >= 4 is 16.7 Å². The Bertz CT molecular complexity index is 1650. The van der Waals surface area contributed by atoms with E-state index in [2.05, 4.69) is 6.92 Å². The Morgan fingerprint density at radius 3 is 2.41 bits per heavy atom. The summed E-state index contributed by atoms with van der Waals surface area (Å²) in [6.07, 6.45) is -1.90. The molecule has 0 amide bonds. The predicted molar refractivity (Wildman–Crippen MR) is 163 cm³/mol. The zero-order valence-electron chi connectivity index (χ0n) is 26.5. The van der Waals surface area contributed by atoms with Crippen molar-refractivity contribution in [2.45, 2.75) is 76.7 Å². The molecule has 4 aliphatic rings. The van der Waals surface area contributed by atoms with Gasteiger partial charge >= 0.3 is 5.97 Å². The Kier molecular flexibility index (Phi) is 8.10. The first-order valence-corrected chi connectivity index (χ1v) is 15.5. The highest BCUT2D eigenvalue weighted by atomic mass is 16.8. The molecule has 0 saturated carbocycles. The highest BCUT2D eigenvalue weighted by Gasteiger charge is 2.56. The maximum Gasteiger partial charge on any atom is 0.339 e. The van der Waals surface area contributed by atoms with E-state index >= 15 is 0 Å². The van der Waals surface area contributed by atoms with Gasteiger partial charge in [0.1, 0.15) is 36.8 Å². The van der Waals surface area contributed by atoms with Gasteiger partial charge < -0.3 is 52.5 Å². The van der Waals surface area contributed by atoms with Crippen LogP contribution in [0.4, 0.5) is 0 Å². The van der Waals surface area contributed by atoms with Gasteiger partial charge in [0.05, 0.1) is 26.4 Å². The predicted octanol–water partition coefficient (Wildman–Crippen LogP) is 4.72. The van der Waals surface area contributed by atoms with Crippen LogP contribution in [0.25, 0.3) is 21.9 Å². The van der Waals surface area contributed by atoms with Crippen LogP contribution in [0.1, 0.15) is 49.5 Å². The molecule has 0 aliphatic carbocycles. The zero-order valence-corrected chi connectivity index (χ0v) is 26.5. The Morgan fingerprint density at radius 1 is 0.935 bits per heavy atom. The standard InChI is InChI=1S/C34H38O12/c1-6-7-10-39-31-30-29(45-34(2,3)46-30)25(14-35)43-33(31)44-28-19-13-23(38-5)22(37-4)12-18(19)26(27-20(28)15-40-32(27)36)17-8-9-21-24(11-17)42-16-41-21/h8-9,11-13,25,29-31,33,35H,6-7,10,14-16H2,1-5H3. The fraction of sp³-hybridized carbons (Fsp3) is 0.500. The molecule has 3 aromatic rings. The molecular formula is C34H38O12. The molecule has 7 rings (SSSR count). The number of benzene rings is 3. The summed E-state index contributed by atoms with van der Waals surface area (Å²) in [5, 5.41) is 11.6. The number of aliphatic hydroxyl groups is 1. The van der Waals surface area contributed by atoms with E-state index in [0.29, 0.717) is 62.8 Å². The molecule has 4 aliphatic heterocycles. The summed E-state index contributed by atoms with van der Waals surface area (Å²) >= 11 is 0. The minimum absolute atomic E-state index is 0.0263. The fourth-order valence-electron chi connectivity index (χ4n) is 6.63. The van der Waals surface area contributed by atoms with Gasteiger partial charge in [-0.3, -0.25) is 0 Å². The fourth-order valence-corrected chi connectivity index (χ4v) is 6.63. The molecule has 1 N–H and O–H groups in total. The monoisotopic (exact) mass is 638 g/mol. The maximum atomic E-state index is 13.5. The molecule has 2 saturated heterocycles. The quantitative estimate of drug-likeness (QED) is 0.244. The average Bonchev–Trinajstić information content (AvgIpc) is 3.77. The second-order valence-corrected chi connectivity index (χ2v) is 12.1. The highest BCUT2D eigenvalue weighted by molar-refractivity contribution is 6.14. The zero-order chi connectivity index (χ0) is 32.2. The molecule has 246 valence electrons. The van der Waals surface area contributed by atoms with Gasteiger partial charge in [0.25, 0.3) is 0 Å². The van der Waals surface area contributed by atoms with Gasteiger partial charge in [-0.2, -0.15) is 0 Å². The molecule has 5 atom stereocenters. The Balaban J connectivity index is 1.41. The number of carbonyl (C=O) groups is 1. The Hall–Kier alpha value is -3.81. The van der Waals surface area contributed by atoms with Crippen LogP contribution in [-0.2, 0) is 30.3 Å². The summed E-state index contributed by atoms with van der Waals surface area (Å²) in [5.41, 5.74) is 2.24. The summed E-state index contributed by atoms with van der Waals surface area (Å²) in [5.74, 6) is 1.07. The first kappa shape index (κ1) is 30.8. The Labute approximate surface area is 266 Å². The molecule has 46 heavy (non-hydrogen) atoms. The van der Waals surface area contributed by atoms with E-state index in [1.165, 1.54) is 0 Å². The van der Waals surface area contributed by atoms with Crippen LogP contribution < -0.4 is 23.7 Å². The topological polar surface area (TPSA) is 130 Å². The average molecular weight is 639 g/mol. The minimum atomic E-state index is -1.03. The maximum absolute atomic E-state index is 13.5. The van der Waals surface area contributed by atoms with E-state index in [1.54, 1.807) is 14.2 Å². The lowest BCUT2D eigenvalue weighted by Crippen LogP contribution is -2.59. The summed E-state index contributed by atoms with van der Waals surface area (Å²) in [6, 6.07) is 9.15. The van der Waals surface area contributed by atoms with Crippen molar-refractivity contribution < 1.29 is 57.3 Å². The van der Waals surface area contributed by atoms with Crippen molar-refractivity contribution in [3.05, 3.63) is 41.5 Å². The normalized spacial score (nSPS) is 25.7. The summed E-state index contributed by atoms with van der Waals surface area (Å²) in [4.78, 5) is 13.5. The van der Waals surface area contributed by atoms with Gasteiger partial charge in [0, 0.05) is 23.1 Å². The van der Waals surface area contributed by atoms with Gasteiger partial charge in [0.2, 0.25) is 13.1 Å². The summed E-state index contributed by atoms with van der Waals surface area (Å²) in [6.45, 7) is 5.91. The number of cyclic esters (lactones) is 1. The van der Waals surface area contributed by atoms with Crippen molar-refractivity contribution in [3.63, 3.8) is 0 Å². The number of hydrogen-bond acceptors (Lipinski definition) is 12. The van der Waals surface area contributed by atoms with Crippen molar-refractivity contribution in [2.24, 2.45) is 0 Å². The molecule has 0 aromatic heterocycles. The van der Waals surface area contributed by atoms with E-state index < -0.39 is 42.5 Å². The lowest BCUT2D eigenvalue weighted by atomic mass is 9.89. The molecule has 0 spiro atoms. The number of ether oxygens (including phenoxy) is 10. The van der Waals surface area contributed by atoms with Crippen LogP contribution in [-0.4, -0.2) is 81.8 Å². The number of esters is 1. The molecule has 0 radical (unpaired) electrons. The molecular weight excluding hydrogens is 600 g/mol. The molecule has 12 nitrogen and oxygen atoms in total. The smallest absolute Gasteiger partial charge is 0.339 e. The molecule has 0 bridgehead atoms. The van der Waals surface area contributed by atoms with Crippen molar-refractivity contribution in [2.75, 3.05) is 34.2 Å². The third-order valence-electron chi connectivity index (χ3n) is 8.73. The lowest BCUT2D eigenvalue weighted by molar-refractivity contribution is -0.265. The minimum Gasteiger partial charge on any atom is -0.493 e. The third-order valence-corrected chi connectivity index (χ3v) is 8.73. The van der Waals surface area contributed by atoms with Crippen LogP contribution in [0.5, 0.6) is 28.7 Å². The highest BCUT2D eigenvalue weighted by Crippen LogP contribution is 2.50. The van der Waals surface area contributed by atoms with E-state index in [1.807, 2.05) is 44.2 Å². The first-order chi connectivity index (χ1) is 22.3. The van der Waals surface area contributed by atoms with Crippen molar-refractivity contribution in [1.82, 2.24) is 0 Å². The van der Waals surface area contributed by atoms with E-state index in [4.69, 9.17) is 47.4 Å². The largest absolute Gasteiger partial charge is 0.493 e. The first-order valence-electron chi connectivity index (χ1n) is 15.5. The number of aliphatic hydroxyl groups excluding tert-OH is 1. The molecule has 3 aromatic carbocycles. The van der Waals surface area contributed by atoms with Crippen LogP contribution in [0.15, 0.2) is 30.3 Å². The van der Waals surface area contributed by atoms with Crippen molar-refractivity contribution in [3.8, 4) is 39.9 Å². The molecule has 12 heteroatoms. The second kappa shape index (κ2) is 12.1. The third kappa shape index (κ3) is 5.18. The number of fused-ring (bicyclic) bond motifs is 4. The van der Waals surface area contributed by atoms with Crippen LogP contribution >= 0.6 is 0 Å². The van der Waals surface area contributed by atoms with Crippen LogP contribution in [0, 0.1) is 0 Å². The van der Waals surface area contributed by atoms with Gasteiger partial charge in [0.15, 0.2) is 28.8 Å². The van der Waals surface area contributed by atoms with Gasteiger partial charge in [-0.25, -0.2) is 4.79 Å². The molecule has 4 heterocycles. The van der Waals surface area contributed by atoms with Gasteiger partial charge in [-0.1, -0.05) is 19.4 Å². The molecule has 5 unspecified atom stereocenters. The number of unbranched alkanes of at least 4 members (excludes halogenated alkanes) is 1. The Morgan fingerprint density at radius 2 is 1.67 bits per heavy atom. The second-order valence-electron chi connectivity index (χ2n) is 12.1. The van der Waals surface area contributed by atoms with Crippen LogP contribution in [0.3, 0.4) is 0 Å². The summed E-state index contributed by atoms with van der Waals surface area (Å²) < 4.78 is 60.2. The number of carbonyl (C=O) groups excluding carboxylic acids is 1. The number of rotatable bonds is 10. The number of methoxy groups -OCH3 is 2.